The van der Waals surface area contributed by atoms with E-state index in [1.807, 2.05) is 0 Å². The Labute approximate surface area is 95.5 Å². The van der Waals surface area contributed by atoms with Crippen molar-refractivity contribution in [2.24, 2.45) is 5.73 Å². The van der Waals surface area contributed by atoms with E-state index in [4.69, 9.17) is 10.5 Å². The predicted octanol–water partition coefficient (Wildman–Crippen LogP) is 2.80. The molecule has 1 rings (SSSR count). The summed E-state index contributed by atoms with van der Waals surface area (Å²) in [5.41, 5.74) is 5.66. The second kappa shape index (κ2) is 4.90. The van der Waals surface area contributed by atoms with Crippen molar-refractivity contribution in [3.05, 3.63) is 27.7 Å². The summed E-state index contributed by atoms with van der Waals surface area (Å²) in [4.78, 5) is 0. The minimum Gasteiger partial charge on any atom is -0.492 e. The van der Waals surface area contributed by atoms with Crippen LogP contribution in [0.25, 0.3) is 0 Å². The molecule has 84 valence electrons. The summed E-state index contributed by atoms with van der Waals surface area (Å²) in [6.45, 7) is 1.99. The van der Waals surface area contributed by atoms with Gasteiger partial charge in [-0.1, -0.05) is 6.92 Å². The Morgan fingerprint density at radius 3 is 2.53 bits per heavy atom. The summed E-state index contributed by atoms with van der Waals surface area (Å²) in [7, 11) is 1.29. The number of hydrogen-bond acceptors (Lipinski definition) is 2. The van der Waals surface area contributed by atoms with Gasteiger partial charge in [-0.2, -0.15) is 4.39 Å². The first-order valence-electron chi connectivity index (χ1n) is 4.44. The van der Waals surface area contributed by atoms with Gasteiger partial charge in [-0.05, 0) is 40.0 Å². The minimum atomic E-state index is -0.984. The lowest BCUT2D eigenvalue weighted by molar-refractivity contribution is 0.366. The van der Waals surface area contributed by atoms with Gasteiger partial charge in [0.05, 0.1) is 11.6 Å². The summed E-state index contributed by atoms with van der Waals surface area (Å²) < 4.78 is 32.1. The lowest BCUT2D eigenvalue weighted by Crippen LogP contribution is -2.12. The fraction of sp³-hybridized carbons (Fsp3) is 0.400. The largest absolute Gasteiger partial charge is 0.492 e. The highest BCUT2D eigenvalue weighted by Crippen LogP contribution is 2.34. The topological polar surface area (TPSA) is 35.2 Å². The molecule has 15 heavy (non-hydrogen) atoms. The van der Waals surface area contributed by atoms with Gasteiger partial charge in [0.25, 0.3) is 0 Å². The van der Waals surface area contributed by atoms with Crippen LogP contribution in [0.1, 0.15) is 18.4 Å². The Hall–Kier alpha value is -0.680. The van der Waals surface area contributed by atoms with Gasteiger partial charge in [0, 0.05) is 0 Å². The predicted molar refractivity (Wildman–Crippen MR) is 58.1 cm³/mol. The number of benzene rings is 1. The zero-order valence-electron chi connectivity index (χ0n) is 8.48. The molecule has 0 saturated carbocycles. The van der Waals surface area contributed by atoms with E-state index in [0.29, 0.717) is 4.47 Å². The molecule has 0 aliphatic heterocycles. The fourth-order valence-electron chi connectivity index (χ4n) is 1.27. The van der Waals surface area contributed by atoms with E-state index in [2.05, 4.69) is 15.9 Å². The van der Waals surface area contributed by atoms with Crippen LogP contribution in [-0.2, 0) is 0 Å². The highest BCUT2D eigenvalue weighted by molar-refractivity contribution is 9.10. The molecule has 0 radical (unpaired) electrons. The number of hydrogen-bond donors (Lipinski definition) is 1. The SMILES string of the molecule is COc1c(Br)cc(C(C)CN)c(F)c1F. The third-order valence-corrected chi connectivity index (χ3v) is 2.82. The maximum Gasteiger partial charge on any atom is 0.202 e. The number of rotatable bonds is 3. The van der Waals surface area contributed by atoms with Gasteiger partial charge in [-0.25, -0.2) is 4.39 Å². The lowest BCUT2D eigenvalue weighted by Gasteiger charge is -2.14. The van der Waals surface area contributed by atoms with E-state index in [0.717, 1.165) is 0 Å². The summed E-state index contributed by atoms with van der Waals surface area (Å²) in [5, 5.41) is 0. The summed E-state index contributed by atoms with van der Waals surface area (Å²) >= 11 is 3.12. The van der Waals surface area contributed by atoms with Gasteiger partial charge in [0.15, 0.2) is 11.6 Å². The van der Waals surface area contributed by atoms with E-state index in [9.17, 15) is 8.78 Å². The molecular formula is C10H12BrF2NO. The molecule has 1 atom stereocenters. The van der Waals surface area contributed by atoms with Crippen LogP contribution in [0.5, 0.6) is 5.75 Å². The third-order valence-electron chi connectivity index (χ3n) is 2.23. The van der Waals surface area contributed by atoms with Crippen LogP contribution in [0.15, 0.2) is 10.5 Å². The van der Waals surface area contributed by atoms with E-state index in [-0.39, 0.29) is 23.8 Å². The number of methoxy groups -OCH3 is 1. The minimum absolute atomic E-state index is 0.125. The molecule has 0 aliphatic carbocycles. The standard InChI is InChI=1S/C10H12BrF2NO/c1-5(4-14)6-3-7(11)10(15-2)9(13)8(6)12/h3,5H,4,14H2,1-2H3. The first kappa shape index (κ1) is 12.4. The normalized spacial score (nSPS) is 12.7. The van der Waals surface area contributed by atoms with Crippen LogP contribution in [0.2, 0.25) is 0 Å². The van der Waals surface area contributed by atoms with Crippen molar-refractivity contribution in [1.29, 1.82) is 0 Å². The Kier molecular flexibility index (Phi) is 4.04. The van der Waals surface area contributed by atoms with Crippen molar-refractivity contribution in [3.8, 4) is 5.75 Å². The van der Waals surface area contributed by atoms with Crippen molar-refractivity contribution in [3.63, 3.8) is 0 Å². The summed E-state index contributed by atoms with van der Waals surface area (Å²) in [6.07, 6.45) is 0. The summed E-state index contributed by atoms with van der Waals surface area (Å²) in [5.74, 6) is -2.24. The Morgan fingerprint density at radius 2 is 2.07 bits per heavy atom. The Bertz CT molecular complexity index is 371. The molecule has 1 aromatic rings. The molecule has 5 heteroatoms. The second-order valence-electron chi connectivity index (χ2n) is 3.25. The van der Waals surface area contributed by atoms with Gasteiger partial charge in [0.2, 0.25) is 5.82 Å². The van der Waals surface area contributed by atoms with E-state index >= 15 is 0 Å². The number of ether oxygens (including phenoxy) is 1. The average Bonchev–Trinajstić information content (AvgIpc) is 2.23. The summed E-state index contributed by atoms with van der Waals surface area (Å²) in [6, 6.07) is 1.49. The van der Waals surface area contributed by atoms with E-state index < -0.39 is 11.6 Å². The molecule has 0 amide bonds. The zero-order valence-corrected chi connectivity index (χ0v) is 10.1. The van der Waals surface area contributed by atoms with Crippen LogP contribution in [0.3, 0.4) is 0 Å². The third kappa shape index (κ3) is 2.29. The maximum atomic E-state index is 13.5. The first-order valence-corrected chi connectivity index (χ1v) is 5.23. The molecule has 0 saturated heterocycles. The molecule has 0 aliphatic rings. The molecule has 2 N–H and O–H groups in total. The maximum absolute atomic E-state index is 13.5. The van der Waals surface area contributed by atoms with Crippen LogP contribution in [0.4, 0.5) is 8.78 Å². The fourth-order valence-corrected chi connectivity index (χ4v) is 1.85. The van der Waals surface area contributed by atoms with Crippen molar-refractivity contribution < 1.29 is 13.5 Å². The molecule has 1 aromatic carbocycles. The van der Waals surface area contributed by atoms with Crippen LogP contribution in [-0.4, -0.2) is 13.7 Å². The smallest absolute Gasteiger partial charge is 0.202 e. The van der Waals surface area contributed by atoms with Crippen molar-refractivity contribution in [2.75, 3.05) is 13.7 Å². The van der Waals surface area contributed by atoms with Crippen LogP contribution in [0, 0.1) is 11.6 Å². The lowest BCUT2D eigenvalue weighted by atomic mass is 10.0. The van der Waals surface area contributed by atoms with Crippen molar-refractivity contribution in [1.82, 2.24) is 0 Å². The Balaban J connectivity index is 3.33. The average molecular weight is 280 g/mol. The van der Waals surface area contributed by atoms with Crippen LogP contribution < -0.4 is 10.5 Å². The number of halogens is 3. The highest BCUT2D eigenvalue weighted by Gasteiger charge is 2.20. The first-order chi connectivity index (χ1) is 7.02. The molecule has 0 heterocycles. The van der Waals surface area contributed by atoms with E-state index in [1.165, 1.54) is 13.2 Å². The van der Waals surface area contributed by atoms with Gasteiger partial charge in [-0.3, -0.25) is 0 Å². The van der Waals surface area contributed by atoms with Gasteiger partial charge in [0.1, 0.15) is 0 Å². The van der Waals surface area contributed by atoms with E-state index in [1.54, 1.807) is 6.92 Å². The van der Waals surface area contributed by atoms with Crippen LogP contribution >= 0.6 is 15.9 Å². The molecule has 2 nitrogen and oxygen atoms in total. The van der Waals surface area contributed by atoms with Gasteiger partial charge >= 0.3 is 0 Å². The van der Waals surface area contributed by atoms with Gasteiger partial charge in [-0.15, -0.1) is 0 Å². The molecular weight excluding hydrogens is 268 g/mol. The highest BCUT2D eigenvalue weighted by atomic mass is 79.9. The monoisotopic (exact) mass is 279 g/mol. The van der Waals surface area contributed by atoms with Gasteiger partial charge < -0.3 is 10.5 Å². The van der Waals surface area contributed by atoms with Crippen molar-refractivity contribution in [2.45, 2.75) is 12.8 Å². The second-order valence-corrected chi connectivity index (χ2v) is 4.10. The molecule has 0 fully saturated rings. The molecule has 1 unspecified atom stereocenters. The quantitative estimate of drug-likeness (QED) is 0.864. The molecule has 0 spiro atoms. The molecule has 0 aromatic heterocycles. The number of nitrogens with two attached hydrogens (primary N) is 1. The van der Waals surface area contributed by atoms with Crippen molar-refractivity contribution >= 4 is 15.9 Å². The zero-order chi connectivity index (χ0) is 11.6. The molecule has 0 bridgehead atoms. The Morgan fingerprint density at radius 1 is 1.47 bits per heavy atom.